The smallest absolute Gasteiger partial charge is 0.254 e. The van der Waals surface area contributed by atoms with Crippen molar-refractivity contribution in [1.29, 1.82) is 0 Å². The molecule has 2 aliphatic rings. The number of carbonyl (C=O) groups is 2. The highest BCUT2D eigenvalue weighted by Crippen LogP contribution is 2.26. The molecule has 1 aromatic carbocycles. The molecule has 1 aliphatic heterocycles. The second kappa shape index (κ2) is 5.51. The van der Waals surface area contributed by atoms with E-state index in [1.54, 1.807) is 24.1 Å². The summed E-state index contributed by atoms with van der Waals surface area (Å²) < 4.78 is 0. The molecule has 1 heterocycles. The molecule has 112 valence electrons. The van der Waals surface area contributed by atoms with E-state index >= 15 is 0 Å². The van der Waals surface area contributed by atoms with Crippen LogP contribution in [-0.2, 0) is 6.54 Å². The summed E-state index contributed by atoms with van der Waals surface area (Å²) >= 11 is 0. The van der Waals surface area contributed by atoms with Crippen LogP contribution in [0, 0.1) is 5.92 Å². The van der Waals surface area contributed by atoms with Crippen LogP contribution in [0.5, 0.6) is 0 Å². The van der Waals surface area contributed by atoms with Crippen molar-refractivity contribution in [1.82, 2.24) is 10.2 Å². The summed E-state index contributed by atoms with van der Waals surface area (Å²) in [5, 5.41) is 3.15. The van der Waals surface area contributed by atoms with Crippen LogP contribution in [-0.4, -0.2) is 29.8 Å². The molecule has 2 amide bonds. The van der Waals surface area contributed by atoms with Gasteiger partial charge in [-0.05, 0) is 49.3 Å². The van der Waals surface area contributed by atoms with Crippen LogP contribution in [0.4, 0.5) is 0 Å². The minimum atomic E-state index is -0.0329. The molecule has 0 atom stereocenters. The van der Waals surface area contributed by atoms with E-state index in [4.69, 9.17) is 0 Å². The summed E-state index contributed by atoms with van der Waals surface area (Å²) in [6, 6.07) is 5.71. The van der Waals surface area contributed by atoms with Crippen LogP contribution in [0.15, 0.2) is 18.2 Å². The Labute approximate surface area is 125 Å². The second-order valence-corrected chi connectivity index (χ2v) is 6.42. The highest BCUT2D eigenvalue weighted by Gasteiger charge is 2.29. The number of fused-ring (bicyclic) bond motifs is 1. The summed E-state index contributed by atoms with van der Waals surface area (Å²) in [4.78, 5) is 26.2. The van der Waals surface area contributed by atoms with Crippen molar-refractivity contribution in [2.75, 3.05) is 7.05 Å². The van der Waals surface area contributed by atoms with Gasteiger partial charge in [0.05, 0.1) is 0 Å². The third-order valence-electron chi connectivity index (χ3n) is 4.74. The van der Waals surface area contributed by atoms with Crippen molar-refractivity contribution in [2.24, 2.45) is 5.92 Å². The quantitative estimate of drug-likeness (QED) is 0.908. The first-order chi connectivity index (χ1) is 10.1. The highest BCUT2D eigenvalue weighted by molar-refractivity contribution is 6.04. The fraction of sp³-hybridized carbons (Fsp3) is 0.529. The molecule has 3 rings (SSSR count). The standard InChI is InChI=1S/C17H22N2O2/c1-11-6-8-12(9-7-11)18-16(20)13-4-3-5-14-15(13)10-19(2)17(14)21/h3-5,11-12H,6-10H2,1-2H3,(H,18,20). The van der Waals surface area contributed by atoms with Gasteiger partial charge in [-0.1, -0.05) is 13.0 Å². The molecule has 1 aliphatic carbocycles. The first-order valence-corrected chi connectivity index (χ1v) is 7.74. The predicted octanol–water partition coefficient (Wildman–Crippen LogP) is 2.58. The number of hydrogen-bond donors (Lipinski definition) is 1. The van der Waals surface area contributed by atoms with Crippen LogP contribution in [0.1, 0.15) is 58.9 Å². The minimum absolute atomic E-state index is 0.00569. The molecule has 1 aromatic rings. The van der Waals surface area contributed by atoms with Crippen molar-refractivity contribution in [3.05, 3.63) is 34.9 Å². The maximum Gasteiger partial charge on any atom is 0.254 e. The molecule has 1 fully saturated rings. The van der Waals surface area contributed by atoms with Crippen LogP contribution in [0.25, 0.3) is 0 Å². The van der Waals surface area contributed by atoms with Gasteiger partial charge >= 0.3 is 0 Å². The van der Waals surface area contributed by atoms with Crippen molar-refractivity contribution in [3.8, 4) is 0 Å². The Kier molecular flexibility index (Phi) is 3.70. The molecule has 4 nitrogen and oxygen atoms in total. The van der Waals surface area contributed by atoms with E-state index in [0.717, 1.165) is 24.3 Å². The first-order valence-electron chi connectivity index (χ1n) is 7.74. The molecule has 0 unspecified atom stereocenters. The second-order valence-electron chi connectivity index (χ2n) is 6.42. The summed E-state index contributed by atoms with van der Waals surface area (Å²) in [7, 11) is 1.77. The van der Waals surface area contributed by atoms with Gasteiger partial charge in [-0.25, -0.2) is 0 Å². The first kappa shape index (κ1) is 14.1. The maximum absolute atomic E-state index is 12.5. The lowest BCUT2D eigenvalue weighted by molar-refractivity contribution is 0.0815. The zero-order valence-corrected chi connectivity index (χ0v) is 12.7. The number of nitrogens with zero attached hydrogens (tertiary/aromatic N) is 1. The third kappa shape index (κ3) is 2.67. The fourth-order valence-electron chi connectivity index (χ4n) is 3.35. The average Bonchev–Trinajstić information content (AvgIpc) is 2.77. The monoisotopic (exact) mass is 286 g/mol. The molecule has 1 N–H and O–H groups in total. The van der Waals surface area contributed by atoms with Crippen LogP contribution in [0.3, 0.4) is 0 Å². The zero-order valence-electron chi connectivity index (χ0n) is 12.7. The molecule has 0 spiro atoms. The molecular formula is C17H22N2O2. The SMILES string of the molecule is CC1CCC(NC(=O)c2cccc3c2CN(C)C3=O)CC1. The lowest BCUT2D eigenvalue weighted by Crippen LogP contribution is -2.37. The van der Waals surface area contributed by atoms with Gasteiger partial charge in [0, 0.05) is 30.8 Å². The van der Waals surface area contributed by atoms with Crippen LogP contribution in [0.2, 0.25) is 0 Å². The predicted molar refractivity (Wildman–Crippen MR) is 81.1 cm³/mol. The van der Waals surface area contributed by atoms with Gasteiger partial charge in [0.15, 0.2) is 0 Å². The van der Waals surface area contributed by atoms with E-state index in [2.05, 4.69) is 12.2 Å². The molecule has 0 bridgehead atoms. The van der Waals surface area contributed by atoms with E-state index in [9.17, 15) is 9.59 Å². The molecular weight excluding hydrogens is 264 g/mol. The Morgan fingerprint density at radius 3 is 2.67 bits per heavy atom. The summed E-state index contributed by atoms with van der Waals surface area (Å²) in [6.45, 7) is 2.79. The number of benzene rings is 1. The van der Waals surface area contributed by atoms with Gasteiger partial charge in [0.1, 0.15) is 0 Å². The summed E-state index contributed by atoms with van der Waals surface area (Å²) in [5.41, 5.74) is 2.19. The summed E-state index contributed by atoms with van der Waals surface area (Å²) in [6.07, 6.45) is 4.47. The Morgan fingerprint density at radius 1 is 1.24 bits per heavy atom. The average molecular weight is 286 g/mol. The molecule has 0 radical (unpaired) electrons. The normalized spacial score (nSPS) is 24.9. The van der Waals surface area contributed by atoms with E-state index < -0.39 is 0 Å². The van der Waals surface area contributed by atoms with E-state index in [1.807, 2.05) is 6.07 Å². The Balaban J connectivity index is 1.76. The lowest BCUT2D eigenvalue weighted by atomic mass is 9.87. The lowest BCUT2D eigenvalue weighted by Gasteiger charge is -2.27. The van der Waals surface area contributed by atoms with Gasteiger partial charge < -0.3 is 10.2 Å². The topological polar surface area (TPSA) is 49.4 Å². The van der Waals surface area contributed by atoms with Crippen LogP contribution >= 0.6 is 0 Å². The van der Waals surface area contributed by atoms with Gasteiger partial charge in [0.2, 0.25) is 0 Å². The maximum atomic E-state index is 12.5. The fourth-order valence-corrected chi connectivity index (χ4v) is 3.35. The van der Waals surface area contributed by atoms with E-state index in [1.165, 1.54) is 12.8 Å². The molecule has 0 saturated heterocycles. The number of hydrogen-bond acceptors (Lipinski definition) is 2. The number of rotatable bonds is 2. The zero-order chi connectivity index (χ0) is 15.0. The van der Waals surface area contributed by atoms with Gasteiger partial charge in [-0.3, -0.25) is 9.59 Å². The molecule has 1 saturated carbocycles. The van der Waals surface area contributed by atoms with Gasteiger partial charge in [-0.15, -0.1) is 0 Å². The summed E-state index contributed by atoms with van der Waals surface area (Å²) in [5.74, 6) is 0.742. The number of nitrogens with one attached hydrogen (secondary N) is 1. The van der Waals surface area contributed by atoms with Crippen LogP contribution < -0.4 is 5.32 Å². The van der Waals surface area contributed by atoms with Crippen molar-refractivity contribution >= 4 is 11.8 Å². The van der Waals surface area contributed by atoms with E-state index in [0.29, 0.717) is 17.7 Å². The van der Waals surface area contributed by atoms with Crippen molar-refractivity contribution in [3.63, 3.8) is 0 Å². The Morgan fingerprint density at radius 2 is 1.95 bits per heavy atom. The number of amides is 2. The van der Waals surface area contributed by atoms with Gasteiger partial charge in [0.25, 0.3) is 11.8 Å². The van der Waals surface area contributed by atoms with Crippen molar-refractivity contribution < 1.29 is 9.59 Å². The third-order valence-corrected chi connectivity index (χ3v) is 4.74. The largest absolute Gasteiger partial charge is 0.349 e. The van der Waals surface area contributed by atoms with E-state index in [-0.39, 0.29) is 17.9 Å². The highest BCUT2D eigenvalue weighted by atomic mass is 16.2. The minimum Gasteiger partial charge on any atom is -0.349 e. The molecule has 4 heteroatoms. The van der Waals surface area contributed by atoms with Gasteiger partial charge in [-0.2, -0.15) is 0 Å². The van der Waals surface area contributed by atoms with Crippen molar-refractivity contribution in [2.45, 2.75) is 45.2 Å². The number of carbonyl (C=O) groups excluding carboxylic acids is 2. The Hall–Kier alpha value is -1.84. The molecule has 21 heavy (non-hydrogen) atoms. The molecule has 0 aromatic heterocycles. The Bertz CT molecular complexity index is 574.